The van der Waals surface area contributed by atoms with Gasteiger partial charge in [0.05, 0.1) is 0 Å². The second kappa shape index (κ2) is 8.49. The van der Waals surface area contributed by atoms with Crippen LogP contribution < -0.4 is 14.2 Å². The first kappa shape index (κ1) is 20.8. The third kappa shape index (κ3) is 4.83. The second-order valence-corrected chi connectivity index (χ2v) is 5.74. The summed E-state index contributed by atoms with van der Waals surface area (Å²) in [6, 6.07) is 1.33. The number of rotatable bonds is 4. The number of esters is 4. The van der Waals surface area contributed by atoms with Gasteiger partial charge in [-0.05, 0) is 17.7 Å². The quantitative estimate of drug-likeness (QED) is 0.606. The van der Waals surface area contributed by atoms with Gasteiger partial charge in [-0.15, -0.1) is 0 Å². The van der Waals surface area contributed by atoms with E-state index >= 15 is 0 Å². The lowest BCUT2D eigenvalue weighted by Crippen LogP contribution is -2.16. The predicted molar refractivity (Wildman–Crippen MR) is 94.2 cm³/mol. The third-order valence-electron chi connectivity index (χ3n) is 3.36. The van der Waals surface area contributed by atoms with Gasteiger partial charge in [0, 0.05) is 33.3 Å². The van der Waals surface area contributed by atoms with Crippen LogP contribution in [0.3, 0.4) is 0 Å². The number of allylic oxidation sites excluding steroid dienone is 2. The van der Waals surface area contributed by atoms with Gasteiger partial charge in [0.25, 0.3) is 0 Å². The van der Waals surface area contributed by atoms with Crippen LogP contribution in [0.4, 0.5) is 0 Å². The van der Waals surface area contributed by atoms with Gasteiger partial charge in [-0.1, -0.05) is 12.2 Å². The van der Waals surface area contributed by atoms with E-state index in [2.05, 4.69) is 0 Å². The van der Waals surface area contributed by atoms with E-state index in [0.717, 1.165) is 27.7 Å². The Balaban J connectivity index is 2.78. The van der Waals surface area contributed by atoms with Crippen molar-refractivity contribution >= 4 is 30.0 Å². The zero-order valence-corrected chi connectivity index (χ0v) is 15.6. The van der Waals surface area contributed by atoms with Crippen molar-refractivity contribution in [3.8, 4) is 17.2 Å². The van der Waals surface area contributed by atoms with Crippen molar-refractivity contribution in [1.82, 2.24) is 0 Å². The Morgan fingerprint density at radius 2 is 1.36 bits per heavy atom. The van der Waals surface area contributed by atoms with Crippen molar-refractivity contribution in [2.75, 3.05) is 0 Å². The molecule has 2 rings (SSSR count). The molecule has 1 unspecified atom stereocenters. The number of aliphatic hydroxyl groups is 1. The first-order valence-electron chi connectivity index (χ1n) is 8.11. The third-order valence-corrected chi connectivity index (χ3v) is 3.36. The first-order valence-corrected chi connectivity index (χ1v) is 8.11. The van der Waals surface area contributed by atoms with Crippen molar-refractivity contribution in [1.29, 1.82) is 0 Å². The molecule has 0 aliphatic heterocycles. The van der Waals surface area contributed by atoms with E-state index in [1.54, 1.807) is 0 Å². The highest BCUT2D eigenvalue weighted by Crippen LogP contribution is 2.48. The number of aliphatic hydroxyl groups excluding tert-OH is 1. The molecule has 0 saturated carbocycles. The summed E-state index contributed by atoms with van der Waals surface area (Å²) in [6.45, 7) is 4.50. The summed E-state index contributed by atoms with van der Waals surface area (Å²) in [5, 5.41) is 10.8. The number of hydrogen-bond donors (Lipinski definition) is 1. The topological polar surface area (TPSA) is 125 Å². The molecule has 28 heavy (non-hydrogen) atoms. The number of benzene rings is 1. The Hall–Kier alpha value is -3.46. The molecule has 1 atom stereocenters. The fraction of sp³-hybridized carbons (Fsp3) is 0.263. The van der Waals surface area contributed by atoms with E-state index in [-0.39, 0.29) is 34.1 Å². The molecule has 1 aromatic carbocycles. The van der Waals surface area contributed by atoms with Crippen molar-refractivity contribution in [2.24, 2.45) is 0 Å². The lowest BCUT2D eigenvalue weighted by Gasteiger charge is -2.22. The Labute approximate surface area is 160 Å². The van der Waals surface area contributed by atoms with Gasteiger partial charge in [0.1, 0.15) is 11.9 Å². The standard InChI is InChI=1S/C19H18O9/c1-9(20)25-14-7-5-6-13-8-15(26-10(2)21)18(27-11(3)22)19(28-12(4)23)16(13)17(14)24/h5-8,17,24H,1-4H3. The Kier molecular flexibility index (Phi) is 6.32. The van der Waals surface area contributed by atoms with Crippen LogP contribution in [-0.4, -0.2) is 29.0 Å². The van der Waals surface area contributed by atoms with E-state index < -0.39 is 30.0 Å². The van der Waals surface area contributed by atoms with E-state index in [1.165, 1.54) is 24.3 Å². The zero-order chi connectivity index (χ0) is 21.0. The van der Waals surface area contributed by atoms with Crippen molar-refractivity contribution in [2.45, 2.75) is 33.8 Å². The zero-order valence-electron chi connectivity index (χ0n) is 15.6. The molecule has 0 radical (unpaired) electrons. The number of fused-ring (bicyclic) bond motifs is 1. The molecule has 0 fully saturated rings. The summed E-state index contributed by atoms with van der Waals surface area (Å²) < 4.78 is 20.4. The molecule has 1 aliphatic rings. The molecule has 148 valence electrons. The summed E-state index contributed by atoms with van der Waals surface area (Å²) in [5.41, 5.74) is 0.276. The minimum absolute atomic E-state index is 0.0106. The summed E-state index contributed by atoms with van der Waals surface area (Å²) in [4.78, 5) is 46.0. The van der Waals surface area contributed by atoms with Crippen LogP contribution in [0.5, 0.6) is 17.2 Å². The normalized spacial score (nSPS) is 14.9. The van der Waals surface area contributed by atoms with Crippen LogP contribution in [0.2, 0.25) is 0 Å². The lowest BCUT2D eigenvalue weighted by molar-refractivity contribution is -0.139. The van der Waals surface area contributed by atoms with E-state index in [9.17, 15) is 24.3 Å². The van der Waals surface area contributed by atoms with Gasteiger partial charge in [-0.25, -0.2) is 0 Å². The fourth-order valence-electron chi connectivity index (χ4n) is 2.52. The molecule has 9 nitrogen and oxygen atoms in total. The smallest absolute Gasteiger partial charge is 0.308 e. The van der Waals surface area contributed by atoms with Gasteiger partial charge < -0.3 is 24.1 Å². The van der Waals surface area contributed by atoms with Crippen LogP contribution in [0.25, 0.3) is 6.08 Å². The Morgan fingerprint density at radius 3 is 1.89 bits per heavy atom. The van der Waals surface area contributed by atoms with Gasteiger partial charge in [-0.3, -0.25) is 19.2 Å². The highest BCUT2D eigenvalue weighted by atomic mass is 16.6. The predicted octanol–water partition coefficient (Wildman–Crippen LogP) is 1.97. The molecule has 1 aliphatic carbocycles. The van der Waals surface area contributed by atoms with E-state index in [4.69, 9.17) is 18.9 Å². The maximum Gasteiger partial charge on any atom is 0.308 e. The monoisotopic (exact) mass is 390 g/mol. The highest BCUT2D eigenvalue weighted by Gasteiger charge is 2.32. The lowest BCUT2D eigenvalue weighted by atomic mass is 9.99. The van der Waals surface area contributed by atoms with Crippen LogP contribution in [0, 0.1) is 0 Å². The fourth-order valence-corrected chi connectivity index (χ4v) is 2.52. The molecule has 0 spiro atoms. The molecule has 1 aromatic rings. The maximum atomic E-state index is 11.7. The van der Waals surface area contributed by atoms with Crippen LogP contribution in [-0.2, 0) is 23.9 Å². The van der Waals surface area contributed by atoms with Crippen molar-refractivity contribution in [3.63, 3.8) is 0 Å². The number of carbonyl (C=O) groups is 4. The minimum atomic E-state index is -1.54. The summed E-state index contributed by atoms with van der Waals surface area (Å²) in [6.07, 6.45) is 2.80. The minimum Gasteiger partial charge on any atom is -0.428 e. The Bertz CT molecular complexity index is 908. The second-order valence-electron chi connectivity index (χ2n) is 5.74. The molecule has 0 amide bonds. The van der Waals surface area contributed by atoms with Gasteiger partial charge >= 0.3 is 23.9 Å². The number of carbonyl (C=O) groups excluding carboxylic acids is 4. The number of hydrogen-bond acceptors (Lipinski definition) is 9. The van der Waals surface area contributed by atoms with Crippen molar-refractivity contribution < 1.29 is 43.2 Å². The highest BCUT2D eigenvalue weighted by molar-refractivity contribution is 5.81. The van der Waals surface area contributed by atoms with Gasteiger partial charge in [0.15, 0.2) is 11.5 Å². The molecule has 1 N–H and O–H groups in total. The molecule has 0 aromatic heterocycles. The largest absolute Gasteiger partial charge is 0.428 e. The van der Waals surface area contributed by atoms with Crippen LogP contribution >= 0.6 is 0 Å². The van der Waals surface area contributed by atoms with E-state index in [0.29, 0.717) is 0 Å². The molecule has 0 heterocycles. The van der Waals surface area contributed by atoms with E-state index in [1.807, 2.05) is 0 Å². The van der Waals surface area contributed by atoms with Gasteiger partial charge in [0.2, 0.25) is 5.75 Å². The van der Waals surface area contributed by atoms with Crippen molar-refractivity contribution in [3.05, 3.63) is 35.1 Å². The molecule has 9 heteroatoms. The average Bonchev–Trinajstić information content (AvgIpc) is 2.68. The SMILES string of the molecule is CC(=O)OC1=CC=Cc2cc(OC(C)=O)c(OC(C)=O)c(OC(C)=O)c2C1O. The molecular weight excluding hydrogens is 372 g/mol. The number of ether oxygens (including phenoxy) is 4. The molecule has 0 saturated heterocycles. The van der Waals surface area contributed by atoms with Gasteiger partial charge in [-0.2, -0.15) is 0 Å². The van der Waals surface area contributed by atoms with Crippen LogP contribution in [0.15, 0.2) is 24.0 Å². The Morgan fingerprint density at radius 1 is 0.821 bits per heavy atom. The molecule has 0 bridgehead atoms. The summed E-state index contributed by atoms with van der Waals surface area (Å²) in [7, 11) is 0. The summed E-state index contributed by atoms with van der Waals surface area (Å²) in [5.74, 6) is -3.98. The first-order chi connectivity index (χ1) is 13.1. The summed E-state index contributed by atoms with van der Waals surface area (Å²) >= 11 is 0. The molecular formula is C19H18O9. The average molecular weight is 390 g/mol. The van der Waals surface area contributed by atoms with Crippen LogP contribution in [0.1, 0.15) is 44.9 Å². The maximum absolute atomic E-state index is 11.7.